The zero-order chi connectivity index (χ0) is 46.5. The average molecular weight is 905 g/mol. The molecule has 0 spiro atoms. The summed E-state index contributed by atoms with van der Waals surface area (Å²) in [5.41, 5.74) is 0. The van der Waals surface area contributed by atoms with Crippen molar-refractivity contribution in [3.05, 3.63) is 12.2 Å². The Kier molecular flexibility index (Phi) is 53.0. The maximum atomic E-state index is 12.5. The van der Waals surface area contributed by atoms with Crippen LogP contribution < -0.4 is 5.32 Å². The van der Waals surface area contributed by atoms with Gasteiger partial charge in [0.15, 0.2) is 0 Å². The molecule has 0 aliphatic carbocycles. The molecule has 0 saturated carbocycles. The number of esters is 1. The molecule has 6 heteroatoms. The summed E-state index contributed by atoms with van der Waals surface area (Å²) < 4.78 is 5.46. The normalized spacial score (nSPS) is 12.6. The molecule has 0 aromatic rings. The van der Waals surface area contributed by atoms with Crippen LogP contribution in [0.25, 0.3) is 0 Å². The molecule has 380 valence electrons. The van der Waals surface area contributed by atoms with E-state index >= 15 is 0 Å². The highest BCUT2D eigenvalue weighted by atomic mass is 16.5. The second kappa shape index (κ2) is 54.2. The first-order chi connectivity index (χ1) is 31.5. The van der Waals surface area contributed by atoms with Gasteiger partial charge in [0, 0.05) is 12.8 Å². The molecule has 64 heavy (non-hydrogen) atoms. The third kappa shape index (κ3) is 50.0. The maximum absolute atomic E-state index is 12.5. The molecule has 0 radical (unpaired) electrons. The first-order valence-electron chi connectivity index (χ1n) is 28.9. The zero-order valence-corrected chi connectivity index (χ0v) is 43.3. The first kappa shape index (κ1) is 62.6. The smallest absolute Gasteiger partial charge is 0.305 e. The average Bonchev–Trinajstić information content (AvgIpc) is 3.29. The first-order valence-corrected chi connectivity index (χ1v) is 28.9. The molecule has 0 aliphatic heterocycles. The summed E-state index contributed by atoms with van der Waals surface area (Å²) in [5.74, 6) is -0.0756. The number of unbranched alkanes of at least 4 members (excludes halogenated alkanes) is 41. The van der Waals surface area contributed by atoms with Crippen LogP contribution in [0.15, 0.2) is 12.2 Å². The van der Waals surface area contributed by atoms with E-state index < -0.39 is 12.1 Å². The number of aliphatic hydroxyl groups excluding tert-OH is 2. The molecule has 0 aliphatic rings. The molecule has 0 rings (SSSR count). The maximum Gasteiger partial charge on any atom is 0.305 e. The van der Waals surface area contributed by atoms with Crippen LogP contribution >= 0.6 is 0 Å². The van der Waals surface area contributed by atoms with Gasteiger partial charge in [0.05, 0.1) is 25.4 Å². The predicted molar refractivity (Wildman–Crippen MR) is 278 cm³/mol. The van der Waals surface area contributed by atoms with E-state index in [1.807, 2.05) is 0 Å². The van der Waals surface area contributed by atoms with Crippen LogP contribution in [0.5, 0.6) is 0 Å². The van der Waals surface area contributed by atoms with Crippen LogP contribution in [0, 0.1) is 0 Å². The van der Waals surface area contributed by atoms with Crippen molar-refractivity contribution in [1.82, 2.24) is 5.32 Å². The van der Waals surface area contributed by atoms with Gasteiger partial charge in [0.1, 0.15) is 0 Å². The predicted octanol–water partition coefficient (Wildman–Crippen LogP) is 17.7. The highest BCUT2D eigenvalue weighted by molar-refractivity contribution is 5.76. The summed E-state index contributed by atoms with van der Waals surface area (Å²) in [6.45, 7) is 4.92. The lowest BCUT2D eigenvalue weighted by Crippen LogP contribution is -2.45. The lowest BCUT2D eigenvalue weighted by Gasteiger charge is -2.22. The summed E-state index contributed by atoms with van der Waals surface area (Å²) in [4.78, 5) is 24.5. The quantitative estimate of drug-likeness (QED) is 0.0321. The van der Waals surface area contributed by atoms with Gasteiger partial charge in [0.25, 0.3) is 0 Å². The highest BCUT2D eigenvalue weighted by Gasteiger charge is 2.20. The van der Waals surface area contributed by atoms with Crippen LogP contribution in [0.3, 0.4) is 0 Å². The molecule has 0 heterocycles. The SMILES string of the molecule is CCCCCCCCCCCCCCCCCCCCC(O)C(CO)NC(=O)CCCCCCC/C=C\CCCCCOC(=O)CCCCCCCCCCCCCCCCCCC. The molecular weight excluding hydrogens is 791 g/mol. The van der Waals surface area contributed by atoms with Crippen LogP contribution in [-0.4, -0.2) is 47.4 Å². The van der Waals surface area contributed by atoms with E-state index in [1.165, 1.54) is 212 Å². The summed E-state index contributed by atoms with van der Waals surface area (Å²) in [6.07, 6.45) is 63.4. The van der Waals surface area contributed by atoms with Gasteiger partial charge < -0.3 is 20.3 Å². The zero-order valence-electron chi connectivity index (χ0n) is 43.3. The van der Waals surface area contributed by atoms with Gasteiger partial charge in [-0.2, -0.15) is 0 Å². The van der Waals surface area contributed by atoms with Crippen molar-refractivity contribution < 1.29 is 24.5 Å². The van der Waals surface area contributed by atoms with Crippen LogP contribution in [-0.2, 0) is 14.3 Å². The molecule has 3 N–H and O–H groups in total. The number of nitrogens with one attached hydrogen (secondary N) is 1. The van der Waals surface area contributed by atoms with Crippen LogP contribution in [0.1, 0.15) is 322 Å². The minimum absolute atomic E-state index is 0.0180. The minimum Gasteiger partial charge on any atom is -0.466 e. The van der Waals surface area contributed by atoms with Crippen molar-refractivity contribution in [2.45, 2.75) is 334 Å². The van der Waals surface area contributed by atoms with Crippen molar-refractivity contribution in [2.75, 3.05) is 13.2 Å². The second-order valence-electron chi connectivity index (χ2n) is 20.0. The Morgan fingerprint density at radius 3 is 1.11 bits per heavy atom. The second-order valence-corrected chi connectivity index (χ2v) is 20.0. The van der Waals surface area contributed by atoms with E-state index in [4.69, 9.17) is 4.74 Å². The molecule has 2 atom stereocenters. The Balaban J connectivity index is 3.47. The molecular formula is C58H113NO5. The van der Waals surface area contributed by atoms with Crippen molar-refractivity contribution in [1.29, 1.82) is 0 Å². The molecule has 1 amide bonds. The molecule has 2 unspecified atom stereocenters. The van der Waals surface area contributed by atoms with Gasteiger partial charge in [-0.3, -0.25) is 9.59 Å². The number of hydrogen-bond donors (Lipinski definition) is 3. The molecule has 0 fully saturated rings. The number of amides is 1. The van der Waals surface area contributed by atoms with Crippen LogP contribution in [0.2, 0.25) is 0 Å². The van der Waals surface area contributed by atoms with E-state index in [2.05, 4.69) is 31.3 Å². The fourth-order valence-corrected chi connectivity index (χ4v) is 9.11. The topological polar surface area (TPSA) is 95.9 Å². The number of rotatable bonds is 54. The fourth-order valence-electron chi connectivity index (χ4n) is 9.11. The highest BCUT2D eigenvalue weighted by Crippen LogP contribution is 2.17. The molecule has 0 bridgehead atoms. The van der Waals surface area contributed by atoms with Crippen molar-refractivity contribution in [3.63, 3.8) is 0 Å². The van der Waals surface area contributed by atoms with Crippen molar-refractivity contribution in [3.8, 4) is 0 Å². The van der Waals surface area contributed by atoms with E-state index in [-0.39, 0.29) is 18.5 Å². The third-order valence-corrected chi connectivity index (χ3v) is 13.6. The summed E-state index contributed by atoms with van der Waals surface area (Å²) >= 11 is 0. The fraction of sp³-hybridized carbons (Fsp3) is 0.931. The van der Waals surface area contributed by atoms with Gasteiger partial charge in [0.2, 0.25) is 5.91 Å². The summed E-state index contributed by atoms with van der Waals surface area (Å²) in [7, 11) is 0. The van der Waals surface area contributed by atoms with E-state index in [1.54, 1.807) is 0 Å². The standard InChI is InChI=1S/C58H113NO5/c1-3-5-7-9-11-13-15-17-19-21-23-24-26-30-34-38-42-46-50-56(61)55(54-60)59-57(62)51-47-43-39-35-31-28-29-33-37-41-45-49-53-64-58(63)52-48-44-40-36-32-27-25-22-20-18-16-14-12-10-8-6-4-2/h29,33,55-56,60-61H,3-28,30-32,34-54H2,1-2H3,(H,59,62)/b33-29-. The van der Waals surface area contributed by atoms with Gasteiger partial charge in [-0.1, -0.05) is 264 Å². The van der Waals surface area contributed by atoms with E-state index in [0.29, 0.717) is 25.9 Å². The largest absolute Gasteiger partial charge is 0.466 e. The van der Waals surface area contributed by atoms with E-state index in [9.17, 15) is 19.8 Å². The lowest BCUT2D eigenvalue weighted by atomic mass is 10.0. The Morgan fingerprint density at radius 2 is 0.734 bits per heavy atom. The summed E-state index contributed by atoms with van der Waals surface area (Å²) in [6, 6.07) is -0.559. The monoisotopic (exact) mass is 904 g/mol. The van der Waals surface area contributed by atoms with E-state index in [0.717, 1.165) is 77.0 Å². The number of aliphatic hydroxyl groups is 2. The minimum atomic E-state index is -0.680. The number of carbonyl (C=O) groups is 2. The molecule has 0 aromatic heterocycles. The number of hydrogen-bond acceptors (Lipinski definition) is 5. The third-order valence-electron chi connectivity index (χ3n) is 13.6. The Bertz CT molecular complexity index is 955. The number of allylic oxidation sites excluding steroid dienone is 2. The Morgan fingerprint density at radius 1 is 0.422 bits per heavy atom. The van der Waals surface area contributed by atoms with Crippen molar-refractivity contribution >= 4 is 11.9 Å². The van der Waals surface area contributed by atoms with Gasteiger partial charge in [-0.15, -0.1) is 0 Å². The van der Waals surface area contributed by atoms with Gasteiger partial charge >= 0.3 is 5.97 Å². The Labute approximate surface area is 399 Å². The Hall–Kier alpha value is -1.40. The molecule has 6 nitrogen and oxygen atoms in total. The molecule has 0 aromatic carbocycles. The van der Waals surface area contributed by atoms with Gasteiger partial charge in [-0.05, 0) is 57.8 Å². The van der Waals surface area contributed by atoms with Gasteiger partial charge in [-0.25, -0.2) is 0 Å². The van der Waals surface area contributed by atoms with Crippen molar-refractivity contribution in [2.24, 2.45) is 0 Å². The number of carbonyl (C=O) groups excluding carboxylic acids is 2. The molecule has 0 saturated heterocycles. The van der Waals surface area contributed by atoms with Crippen LogP contribution in [0.4, 0.5) is 0 Å². The number of ether oxygens (including phenoxy) is 1. The lowest BCUT2D eigenvalue weighted by molar-refractivity contribution is -0.143. The summed E-state index contributed by atoms with van der Waals surface area (Å²) in [5, 5.41) is 23.3.